The normalized spacial score (nSPS) is 27.2. The molecule has 0 spiro atoms. The summed E-state index contributed by atoms with van der Waals surface area (Å²) in [5, 5.41) is 13.3. The van der Waals surface area contributed by atoms with Crippen LogP contribution in [0, 0.1) is 5.92 Å². The van der Waals surface area contributed by atoms with Crippen LogP contribution in [0.2, 0.25) is 0 Å². The molecule has 0 saturated heterocycles. The largest absolute Gasteiger partial charge is 0.497 e. The fourth-order valence-electron chi connectivity index (χ4n) is 3.05. The van der Waals surface area contributed by atoms with Crippen LogP contribution in [-0.2, 0) is 6.54 Å². The first kappa shape index (κ1) is 14.4. The molecule has 0 aromatic heterocycles. The van der Waals surface area contributed by atoms with E-state index in [0.717, 1.165) is 25.1 Å². The number of nitrogens with one attached hydrogen (secondary N) is 1. The standard InChI is InChI=1S/C16H25NO2/c1-13-4-3-9-16(10-13,12-18)17-11-14-5-7-15(19-2)8-6-14/h5-8,13,17-18H,3-4,9-12H2,1-2H3. The third kappa shape index (κ3) is 3.71. The van der Waals surface area contributed by atoms with Gasteiger partial charge in [-0.05, 0) is 36.5 Å². The van der Waals surface area contributed by atoms with Crippen LogP contribution in [0.5, 0.6) is 5.75 Å². The maximum Gasteiger partial charge on any atom is 0.118 e. The lowest BCUT2D eigenvalue weighted by molar-refractivity contribution is 0.0982. The van der Waals surface area contributed by atoms with Gasteiger partial charge >= 0.3 is 0 Å². The molecule has 0 radical (unpaired) electrons. The molecule has 2 atom stereocenters. The zero-order valence-electron chi connectivity index (χ0n) is 12.0. The molecule has 0 bridgehead atoms. The van der Waals surface area contributed by atoms with E-state index in [2.05, 4.69) is 24.4 Å². The van der Waals surface area contributed by atoms with E-state index >= 15 is 0 Å². The number of aliphatic hydroxyl groups is 1. The van der Waals surface area contributed by atoms with Crippen LogP contribution >= 0.6 is 0 Å². The molecule has 2 N–H and O–H groups in total. The molecule has 3 heteroatoms. The molecular formula is C16H25NO2. The van der Waals surface area contributed by atoms with E-state index in [9.17, 15) is 5.11 Å². The van der Waals surface area contributed by atoms with Gasteiger partial charge in [-0.3, -0.25) is 0 Å². The Morgan fingerprint density at radius 1 is 1.37 bits per heavy atom. The van der Waals surface area contributed by atoms with Crippen molar-refractivity contribution >= 4 is 0 Å². The summed E-state index contributed by atoms with van der Waals surface area (Å²) in [6.45, 7) is 3.31. The van der Waals surface area contributed by atoms with E-state index in [0.29, 0.717) is 5.92 Å². The lowest BCUT2D eigenvalue weighted by atomic mass is 9.77. The Morgan fingerprint density at radius 3 is 2.68 bits per heavy atom. The summed E-state index contributed by atoms with van der Waals surface area (Å²) in [6.07, 6.45) is 4.63. The van der Waals surface area contributed by atoms with Crippen molar-refractivity contribution in [3.05, 3.63) is 29.8 Å². The summed E-state index contributed by atoms with van der Waals surface area (Å²) in [4.78, 5) is 0. The summed E-state index contributed by atoms with van der Waals surface area (Å²) in [5.74, 6) is 1.58. The number of benzene rings is 1. The van der Waals surface area contributed by atoms with Crippen LogP contribution in [0.15, 0.2) is 24.3 Å². The highest BCUT2D eigenvalue weighted by atomic mass is 16.5. The van der Waals surface area contributed by atoms with E-state index < -0.39 is 0 Å². The van der Waals surface area contributed by atoms with Crippen molar-refractivity contribution < 1.29 is 9.84 Å². The van der Waals surface area contributed by atoms with Gasteiger partial charge in [0.05, 0.1) is 13.7 Å². The van der Waals surface area contributed by atoms with E-state index in [1.54, 1.807) is 7.11 Å². The van der Waals surface area contributed by atoms with Gasteiger partial charge in [-0.2, -0.15) is 0 Å². The molecule has 0 amide bonds. The second kappa shape index (κ2) is 6.40. The first-order valence-corrected chi connectivity index (χ1v) is 7.16. The van der Waals surface area contributed by atoms with E-state index in [1.807, 2.05) is 12.1 Å². The van der Waals surface area contributed by atoms with Crippen LogP contribution in [0.3, 0.4) is 0 Å². The van der Waals surface area contributed by atoms with Crippen molar-refractivity contribution in [2.45, 2.75) is 44.7 Å². The fourth-order valence-corrected chi connectivity index (χ4v) is 3.05. The SMILES string of the molecule is COc1ccc(CNC2(CO)CCCC(C)C2)cc1. The molecule has 106 valence electrons. The molecule has 2 rings (SSSR count). The second-order valence-electron chi connectivity index (χ2n) is 5.84. The molecule has 1 aliphatic rings. The minimum atomic E-state index is -0.0857. The van der Waals surface area contributed by atoms with Crippen molar-refractivity contribution in [1.82, 2.24) is 5.32 Å². The lowest BCUT2D eigenvalue weighted by Gasteiger charge is -2.39. The Morgan fingerprint density at radius 2 is 2.11 bits per heavy atom. The molecular weight excluding hydrogens is 238 g/mol. The molecule has 1 aromatic rings. The first-order valence-electron chi connectivity index (χ1n) is 7.16. The summed E-state index contributed by atoms with van der Waals surface area (Å²) in [5.41, 5.74) is 1.14. The quantitative estimate of drug-likeness (QED) is 0.858. The highest BCUT2D eigenvalue weighted by molar-refractivity contribution is 5.27. The Hall–Kier alpha value is -1.06. The minimum absolute atomic E-state index is 0.0857. The minimum Gasteiger partial charge on any atom is -0.497 e. The Labute approximate surface area is 116 Å². The lowest BCUT2D eigenvalue weighted by Crippen LogP contribution is -2.51. The maximum absolute atomic E-state index is 9.74. The van der Waals surface area contributed by atoms with Gasteiger partial charge in [-0.15, -0.1) is 0 Å². The highest BCUT2D eigenvalue weighted by Gasteiger charge is 2.33. The molecule has 1 fully saturated rings. The topological polar surface area (TPSA) is 41.5 Å². The Bertz CT molecular complexity index is 390. The highest BCUT2D eigenvalue weighted by Crippen LogP contribution is 2.32. The maximum atomic E-state index is 9.74. The number of methoxy groups -OCH3 is 1. The summed E-state index contributed by atoms with van der Waals surface area (Å²) >= 11 is 0. The van der Waals surface area contributed by atoms with Gasteiger partial charge in [0, 0.05) is 12.1 Å². The third-order valence-corrected chi connectivity index (χ3v) is 4.22. The van der Waals surface area contributed by atoms with Crippen LogP contribution < -0.4 is 10.1 Å². The number of rotatable bonds is 5. The molecule has 0 heterocycles. The Balaban J connectivity index is 1.95. The van der Waals surface area contributed by atoms with Gasteiger partial charge < -0.3 is 15.2 Å². The zero-order valence-corrected chi connectivity index (χ0v) is 12.0. The average molecular weight is 263 g/mol. The van der Waals surface area contributed by atoms with Crippen LogP contribution in [-0.4, -0.2) is 24.4 Å². The number of hydrogen-bond acceptors (Lipinski definition) is 3. The molecule has 1 aromatic carbocycles. The molecule has 0 aliphatic heterocycles. The predicted molar refractivity (Wildman–Crippen MR) is 77.3 cm³/mol. The third-order valence-electron chi connectivity index (χ3n) is 4.22. The molecule has 3 nitrogen and oxygen atoms in total. The average Bonchev–Trinajstić information content (AvgIpc) is 2.46. The molecule has 1 saturated carbocycles. The zero-order chi connectivity index (χ0) is 13.7. The smallest absolute Gasteiger partial charge is 0.118 e. The fraction of sp³-hybridized carbons (Fsp3) is 0.625. The molecule has 1 aliphatic carbocycles. The van der Waals surface area contributed by atoms with Crippen molar-refractivity contribution in [2.75, 3.05) is 13.7 Å². The number of ether oxygens (including phenoxy) is 1. The van der Waals surface area contributed by atoms with Gasteiger partial charge in [0.25, 0.3) is 0 Å². The van der Waals surface area contributed by atoms with Gasteiger partial charge in [0.2, 0.25) is 0 Å². The van der Waals surface area contributed by atoms with Crippen molar-refractivity contribution in [3.63, 3.8) is 0 Å². The van der Waals surface area contributed by atoms with E-state index in [1.165, 1.54) is 18.4 Å². The first-order chi connectivity index (χ1) is 9.17. The van der Waals surface area contributed by atoms with Crippen LogP contribution in [0.1, 0.15) is 38.2 Å². The van der Waals surface area contributed by atoms with Gasteiger partial charge in [-0.1, -0.05) is 31.9 Å². The number of aliphatic hydroxyl groups excluding tert-OH is 1. The van der Waals surface area contributed by atoms with E-state index in [4.69, 9.17) is 4.74 Å². The predicted octanol–water partition coefficient (Wildman–Crippen LogP) is 2.73. The number of hydrogen-bond donors (Lipinski definition) is 2. The van der Waals surface area contributed by atoms with Crippen LogP contribution in [0.4, 0.5) is 0 Å². The summed E-state index contributed by atoms with van der Waals surface area (Å²) < 4.78 is 5.16. The van der Waals surface area contributed by atoms with Gasteiger partial charge in [-0.25, -0.2) is 0 Å². The monoisotopic (exact) mass is 263 g/mol. The van der Waals surface area contributed by atoms with E-state index in [-0.39, 0.29) is 12.1 Å². The van der Waals surface area contributed by atoms with Crippen molar-refractivity contribution in [1.29, 1.82) is 0 Å². The van der Waals surface area contributed by atoms with Gasteiger partial charge in [0.15, 0.2) is 0 Å². The van der Waals surface area contributed by atoms with Crippen molar-refractivity contribution in [3.8, 4) is 5.75 Å². The summed E-state index contributed by atoms with van der Waals surface area (Å²) in [7, 11) is 1.68. The second-order valence-corrected chi connectivity index (χ2v) is 5.84. The molecule has 19 heavy (non-hydrogen) atoms. The Kier molecular flexibility index (Phi) is 4.83. The summed E-state index contributed by atoms with van der Waals surface area (Å²) in [6, 6.07) is 8.10. The van der Waals surface area contributed by atoms with Crippen LogP contribution in [0.25, 0.3) is 0 Å². The van der Waals surface area contributed by atoms with Gasteiger partial charge in [0.1, 0.15) is 5.75 Å². The van der Waals surface area contributed by atoms with Crippen molar-refractivity contribution in [2.24, 2.45) is 5.92 Å². The molecule has 2 unspecified atom stereocenters.